The lowest BCUT2D eigenvalue weighted by Gasteiger charge is -2.22. The zero-order valence-corrected chi connectivity index (χ0v) is 6.39. The minimum atomic E-state index is 0.194. The minimum absolute atomic E-state index is 0.194. The molecule has 2 unspecified atom stereocenters. The molecule has 0 N–H and O–H groups in total. The van der Waals surface area contributed by atoms with E-state index in [0.717, 1.165) is 0 Å². The van der Waals surface area contributed by atoms with Crippen molar-refractivity contribution < 1.29 is 0 Å². The molecule has 0 fully saturated rings. The molecule has 0 aromatic carbocycles. The van der Waals surface area contributed by atoms with Crippen molar-refractivity contribution in [2.45, 2.75) is 31.7 Å². The summed E-state index contributed by atoms with van der Waals surface area (Å²) in [4.78, 5) is 0. The Morgan fingerprint density at radius 1 is 1.57 bits per heavy atom. The first kappa shape index (κ1) is 7.49. The van der Waals surface area contributed by atoms with Gasteiger partial charge >= 0.3 is 0 Å². The van der Waals surface area contributed by atoms with Gasteiger partial charge < -0.3 is 0 Å². The van der Waals surface area contributed by atoms with Crippen molar-refractivity contribution in [2.24, 2.45) is 0 Å². The summed E-state index contributed by atoms with van der Waals surface area (Å²) >= 11 is 0. The van der Waals surface area contributed by atoms with E-state index in [2.05, 4.69) is 23.1 Å². The maximum atomic E-state index is 5.55. The predicted octanol–water partition coefficient (Wildman–Crippen LogP) is 1.62. The molecule has 0 rings (SSSR count). The summed E-state index contributed by atoms with van der Waals surface area (Å²) in [5, 5.41) is 0.194. The molecule has 0 aromatic heterocycles. The summed E-state index contributed by atoms with van der Waals surface area (Å²) in [7, 11) is 8.25. The lowest BCUT2D eigenvalue weighted by Crippen LogP contribution is -2.15. The third-order valence-corrected chi connectivity index (χ3v) is 1.70. The quantitative estimate of drug-likeness (QED) is 0.358. The van der Waals surface area contributed by atoms with Crippen LogP contribution in [-0.4, -0.2) is 13.0 Å². The summed E-state index contributed by atoms with van der Waals surface area (Å²) in [6.07, 6.45) is 0. The van der Waals surface area contributed by atoms with Crippen molar-refractivity contribution in [1.29, 1.82) is 0 Å². The molecule has 0 bridgehead atoms. The average Bonchev–Trinajstić information content (AvgIpc) is 1.31. The van der Waals surface area contributed by atoms with E-state index >= 15 is 0 Å². The Balaban J connectivity index is 3.54. The summed E-state index contributed by atoms with van der Waals surface area (Å²) in [5.41, 5.74) is 0. The molecule has 2 heteroatoms. The van der Waals surface area contributed by atoms with Gasteiger partial charge in [-0.1, -0.05) is 26.6 Å². The second-order valence-electron chi connectivity index (χ2n) is 2.61. The molecular formula is C5H12BP. The molecule has 40 valence electrons. The van der Waals surface area contributed by atoms with Gasteiger partial charge in [0.15, 0.2) is 0 Å². The second-order valence-corrected chi connectivity index (χ2v) is 4.10. The van der Waals surface area contributed by atoms with Crippen LogP contribution in [0.3, 0.4) is 0 Å². The molecule has 0 spiro atoms. The van der Waals surface area contributed by atoms with Gasteiger partial charge in [-0.15, -0.1) is 9.24 Å². The zero-order chi connectivity index (χ0) is 6.08. The zero-order valence-electron chi connectivity index (χ0n) is 5.23. The Morgan fingerprint density at radius 3 is 1.71 bits per heavy atom. The van der Waals surface area contributed by atoms with Gasteiger partial charge in [-0.3, -0.25) is 0 Å². The van der Waals surface area contributed by atoms with E-state index in [-0.39, 0.29) is 11.0 Å². The van der Waals surface area contributed by atoms with Crippen molar-refractivity contribution in [3.8, 4) is 0 Å². The fourth-order valence-corrected chi connectivity index (χ4v) is 0. The van der Waals surface area contributed by atoms with Gasteiger partial charge in [-0.05, 0) is 5.16 Å². The first-order valence-electron chi connectivity index (χ1n) is 2.49. The van der Waals surface area contributed by atoms with Crippen molar-refractivity contribution in [1.82, 2.24) is 0 Å². The van der Waals surface area contributed by atoms with E-state index in [1.54, 1.807) is 0 Å². The SMILES string of the molecule is [B]C(C)C(C)(C)P. The van der Waals surface area contributed by atoms with Crippen LogP contribution in [0.4, 0.5) is 0 Å². The Bertz CT molecular complexity index is 53.6. The second kappa shape index (κ2) is 2.18. The lowest BCUT2D eigenvalue weighted by atomic mass is 9.79. The molecule has 0 nitrogen and oxygen atoms in total. The van der Waals surface area contributed by atoms with Crippen LogP contribution < -0.4 is 0 Å². The van der Waals surface area contributed by atoms with Gasteiger partial charge in [-0.2, -0.15) is 0 Å². The average molecular weight is 114 g/mol. The van der Waals surface area contributed by atoms with Gasteiger partial charge in [0, 0.05) is 0 Å². The summed E-state index contributed by atoms with van der Waals surface area (Å²) in [6.45, 7) is 6.21. The summed E-state index contributed by atoms with van der Waals surface area (Å²) in [6, 6.07) is 0. The van der Waals surface area contributed by atoms with Gasteiger partial charge in [-0.25, -0.2) is 0 Å². The van der Waals surface area contributed by atoms with Crippen LogP contribution in [0.15, 0.2) is 0 Å². The highest BCUT2D eigenvalue weighted by Crippen LogP contribution is 2.27. The van der Waals surface area contributed by atoms with Gasteiger partial charge in [0.1, 0.15) is 0 Å². The van der Waals surface area contributed by atoms with E-state index in [1.807, 2.05) is 6.92 Å². The highest BCUT2D eigenvalue weighted by molar-refractivity contribution is 7.19. The molecule has 0 saturated heterocycles. The topological polar surface area (TPSA) is 0 Å². The Morgan fingerprint density at radius 2 is 1.71 bits per heavy atom. The van der Waals surface area contributed by atoms with Crippen LogP contribution in [0, 0.1) is 0 Å². The molecule has 0 saturated carbocycles. The van der Waals surface area contributed by atoms with Crippen molar-refractivity contribution in [3.63, 3.8) is 0 Å². The van der Waals surface area contributed by atoms with E-state index < -0.39 is 0 Å². The number of hydrogen-bond donors (Lipinski definition) is 0. The van der Waals surface area contributed by atoms with Crippen LogP contribution in [0.25, 0.3) is 0 Å². The van der Waals surface area contributed by atoms with Crippen LogP contribution in [0.5, 0.6) is 0 Å². The van der Waals surface area contributed by atoms with Gasteiger partial charge in [0.25, 0.3) is 0 Å². The minimum Gasteiger partial charge on any atom is -0.132 e. The van der Waals surface area contributed by atoms with Crippen molar-refractivity contribution in [2.75, 3.05) is 0 Å². The molecule has 2 atom stereocenters. The molecule has 7 heavy (non-hydrogen) atoms. The standard InChI is InChI=1S/C5H12BP/c1-4(6)5(2,3)7/h4H,7H2,1-3H3. The molecular weight excluding hydrogens is 102 g/mol. The van der Waals surface area contributed by atoms with Crippen LogP contribution in [0.2, 0.25) is 5.82 Å². The molecule has 2 radical (unpaired) electrons. The third-order valence-electron chi connectivity index (χ3n) is 1.17. The number of hydrogen-bond acceptors (Lipinski definition) is 0. The Kier molecular flexibility index (Phi) is 2.33. The number of rotatable bonds is 1. The maximum absolute atomic E-state index is 5.55. The third kappa shape index (κ3) is 3.11. The highest BCUT2D eigenvalue weighted by atomic mass is 31.0. The van der Waals surface area contributed by atoms with Crippen LogP contribution >= 0.6 is 9.24 Å². The molecule has 0 aliphatic carbocycles. The Hall–Kier alpha value is 0.495. The van der Waals surface area contributed by atoms with E-state index in [4.69, 9.17) is 7.85 Å². The first-order chi connectivity index (χ1) is 2.94. The fourth-order valence-electron chi connectivity index (χ4n) is 0. The monoisotopic (exact) mass is 114 g/mol. The molecule has 0 aromatic rings. The van der Waals surface area contributed by atoms with Gasteiger partial charge in [0.05, 0.1) is 7.85 Å². The van der Waals surface area contributed by atoms with Crippen molar-refractivity contribution in [3.05, 3.63) is 0 Å². The van der Waals surface area contributed by atoms with E-state index in [1.165, 1.54) is 0 Å². The predicted molar refractivity (Wildman–Crippen MR) is 39.0 cm³/mol. The molecule has 0 amide bonds. The van der Waals surface area contributed by atoms with Crippen LogP contribution in [0.1, 0.15) is 20.8 Å². The van der Waals surface area contributed by atoms with Crippen LogP contribution in [-0.2, 0) is 0 Å². The molecule has 0 aliphatic heterocycles. The maximum Gasteiger partial charge on any atom is 0.0707 e. The van der Waals surface area contributed by atoms with Gasteiger partial charge in [0.2, 0.25) is 0 Å². The summed E-state index contributed by atoms with van der Waals surface area (Å²) in [5.74, 6) is 0.262. The molecule has 0 heterocycles. The van der Waals surface area contributed by atoms with E-state index in [9.17, 15) is 0 Å². The largest absolute Gasteiger partial charge is 0.132 e. The Labute approximate surface area is 49.7 Å². The summed E-state index contributed by atoms with van der Waals surface area (Å²) < 4.78 is 0. The normalized spacial score (nSPS) is 16.6. The van der Waals surface area contributed by atoms with Crippen molar-refractivity contribution >= 4 is 17.1 Å². The lowest BCUT2D eigenvalue weighted by molar-refractivity contribution is 0.683. The first-order valence-corrected chi connectivity index (χ1v) is 3.07. The molecule has 0 aliphatic rings. The smallest absolute Gasteiger partial charge is 0.0707 e. The van der Waals surface area contributed by atoms with E-state index in [0.29, 0.717) is 0 Å². The fraction of sp³-hybridized carbons (Fsp3) is 1.00. The highest BCUT2D eigenvalue weighted by Gasteiger charge is 2.13.